The molecule has 34 heavy (non-hydrogen) atoms. The molecule has 0 spiro atoms. The van der Waals surface area contributed by atoms with E-state index < -0.39 is 23.9 Å². The summed E-state index contributed by atoms with van der Waals surface area (Å²) in [5, 5.41) is 15.7. The second-order valence-electron chi connectivity index (χ2n) is 7.19. The maximum atomic E-state index is 12.7. The van der Waals surface area contributed by atoms with E-state index in [4.69, 9.17) is 5.84 Å². The number of rotatable bonds is 9. The van der Waals surface area contributed by atoms with Gasteiger partial charge in [-0.05, 0) is 22.8 Å². The summed E-state index contributed by atoms with van der Waals surface area (Å²) in [6.07, 6.45) is 4.48. The molecule has 4 amide bonds. The summed E-state index contributed by atoms with van der Waals surface area (Å²) in [5.41, 5.74) is 1.96. The van der Waals surface area contributed by atoms with Crippen molar-refractivity contribution in [2.45, 2.75) is 6.04 Å². The van der Waals surface area contributed by atoms with Gasteiger partial charge in [0.15, 0.2) is 6.04 Å². The lowest BCUT2D eigenvalue weighted by molar-refractivity contribution is -0.146. The molecule has 3 rings (SSSR count). The van der Waals surface area contributed by atoms with Gasteiger partial charge in [-0.2, -0.15) is 5.10 Å². The molecule has 0 aromatic heterocycles. The number of carboxylic acids is 1. The highest BCUT2D eigenvalue weighted by molar-refractivity contribution is 6.05. The normalized spacial score (nSPS) is 14.5. The number of urea groups is 1. The standard InChI is InChI=1S/C23H23N5O5.ClH/c24-26-14-17-8-6-16(7-9-17)10-11-19(29)25-12-13-27-15-20(30)28(23(27)33)21(22(31)32)18-4-2-1-3-5-18;/h1-11,14,21H,12-13,15,24H2,(H,25,29)(H,31,32);1H. The summed E-state index contributed by atoms with van der Waals surface area (Å²) in [5.74, 6) is 2.82. The van der Waals surface area contributed by atoms with E-state index in [2.05, 4.69) is 10.4 Å². The van der Waals surface area contributed by atoms with Crippen molar-refractivity contribution in [2.75, 3.05) is 19.6 Å². The van der Waals surface area contributed by atoms with Crippen LogP contribution in [0.3, 0.4) is 0 Å². The summed E-state index contributed by atoms with van der Waals surface area (Å²) in [6.45, 7) is -0.0838. The van der Waals surface area contributed by atoms with Gasteiger partial charge in [0.25, 0.3) is 5.91 Å². The number of carboxylic acid groups (broad SMARTS) is 1. The Balaban J connectivity index is 0.00000408. The molecule has 1 fully saturated rings. The molecule has 1 heterocycles. The molecule has 11 heteroatoms. The zero-order valence-corrected chi connectivity index (χ0v) is 18.9. The lowest BCUT2D eigenvalue weighted by atomic mass is 10.1. The van der Waals surface area contributed by atoms with Crippen molar-refractivity contribution in [3.05, 3.63) is 77.4 Å². The first-order valence-electron chi connectivity index (χ1n) is 10.1. The van der Waals surface area contributed by atoms with Gasteiger partial charge in [0.1, 0.15) is 6.54 Å². The van der Waals surface area contributed by atoms with E-state index in [1.807, 2.05) is 0 Å². The van der Waals surface area contributed by atoms with E-state index >= 15 is 0 Å². The van der Waals surface area contributed by atoms with E-state index in [-0.39, 0.29) is 37.9 Å². The minimum Gasteiger partial charge on any atom is -0.479 e. The number of benzene rings is 2. The van der Waals surface area contributed by atoms with Crippen LogP contribution in [0.2, 0.25) is 0 Å². The average molecular weight is 486 g/mol. The second kappa shape index (κ2) is 12.2. The first-order valence-corrected chi connectivity index (χ1v) is 10.1. The Hall–Kier alpha value is -4.18. The predicted octanol–water partition coefficient (Wildman–Crippen LogP) is 1.62. The van der Waals surface area contributed by atoms with Gasteiger partial charge in [0.05, 0.1) is 6.21 Å². The number of halogens is 1. The average Bonchev–Trinajstić information content (AvgIpc) is 3.07. The van der Waals surface area contributed by atoms with Crippen molar-refractivity contribution in [1.82, 2.24) is 15.1 Å². The molecule has 1 atom stereocenters. The van der Waals surface area contributed by atoms with Gasteiger partial charge < -0.3 is 21.2 Å². The van der Waals surface area contributed by atoms with Crippen LogP contribution in [-0.4, -0.2) is 64.6 Å². The minimum absolute atomic E-state index is 0. The highest BCUT2D eigenvalue weighted by Crippen LogP contribution is 2.26. The van der Waals surface area contributed by atoms with Gasteiger partial charge >= 0.3 is 12.0 Å². The number of nitrogens with zero attached hydrogens (tertiary/aromatic N) is 3. The molecule has 0 saturated carbocycles. The number of carbonyl (C=O) groups excluding carboxylic acids is 3. The van der Waals surface area contributed by atoms with Crippen molar-refractivity contribution in [3.8, 4) is 0 Å². The van der Waals surface area contributed by atoms with Crippen LogP contribution < -0.4 is 11.2 Å². The Kier molecular flexibility index (Phi) is 9.33. The lowest BCUT2D eigenvalue weighted by Gasteiger charge is -2.23. The Morgan fingerprint density at radius 3 is 2.35 bits per heavy atom. The Bertz CT molecular complexity index is 1090. The van der Waals surface area contributed by atoms with Crippen LogP contribution in [0.4, 0.5) is 4.79 Å². The summed E-state index contributed by atoms with van der Waals surface area (Å²) >= 11 is 0. The summed E-state index contributed by atoms with van der Waals surface area (Å²) in [4.78, 5) is 50.9. The third-order valence-electron chi connectivity index (χ3n) is 4.95. The smallest absolute Gasteiger partial charge is 0.331 e. The lowest BCUT2D eigenvalue weighted by Crippen LogP contribution is -2.41. The van der Waals surface area contributed by atoms with E-state index in [0.717, 1.165) is 16.0 Å². The maximum Gasteiger partial charge on any atom is 0.331 e. The van der Waals surface area contributed by atoms with Crippen LogP contribution in [0.5, 0.6) is 0 Å². The van der Waals surface area contributed by atoms with Crippen LogP contribution >= 0.6 is 12.4 Å². The highest BCUT2D eigenvalue weighted by atomic mass is 35.5. The topological polar surface area (TPSA) is 145 Å². The molecule has 10 nitrogen and oxygen atoms in total. The van der Waals surface area contributed by atoms with E-state index in [0.29, 0.717) is 5.56 Å². The fourth-order valence-corrected chi connectivity index (χ4v) is 3.36. The molecule has 1 unspecified atom stereocenters. The molecule has 1 saturated heterocycles. The fraction of sp³-hybridized carbons (Fsp3) is 0.174. The molecular weight excluding hydrogens is 462 g/mol. The number of hydrogen-bond donors (Lipinski definition) is 3. The highest BCUT2D eigenvalue weighted by Gasteiger charge is 2.43. The Labute approximate surface area is 202 Å². The molecule has 1 aliphatic heterocycles. The first-order chi connectivity index (χ1) is 15.9. The fourth-order valence-electron chi connectivity index (χ4n) is 3.36. The molecule has 1 aliphatic rings. The summed E-state index contributed by atoms with van der Waals surface area (Å²) in [6, 6.07) is 13.2. The molecule has 4 N–H and O–H groups in total. The van der Waals surface area contributed by atoms with Crippen molar-refractivity contribution in [3.63, 3.8) is 0 Å². The molecule has 2 aromatic carbocycles. The van der Waals surface area contributed by atoms with Gasteiger partial charge in [-0.1, -0.05) is 54.6 Å². The predicted molar refractivity (Wildman–Crippen MR) is 128 cm³/mol. The SMILES string of the molecule is Cl.NN=Cc1ccc(C=CC(=O)NCCN2CC(=O)N(C(C(=O)O)c3ccccc3)C2=O)cc1. The van der Waals surface area contributed by atoms with Crippen molar-refractivity contribution in [1.29, 1.82) is 0 Å². The van der Waals surface area contributed by atoms with E-state index in [1.54, 1.807) is 60.7 Å². The van der Waals surface area contributed by atoms with E-state index in [9.17, 15) is 24.3 Å². The number of carbonyl (C=O) groups is 4. The number of nitrogens with two attached hydrogens (primary N) is 1. The van der Waals surface area contributed by atoms with Crippen LogP contribution in [-0.2, 0) is 14.4 Å². The number of aliphatic carboxylic acids is 1. The van der Waals surface area contributed by atoms with Crippen LogP contribution in [0.15, 0.2) is 65.8 Å². The van der Waals surface area contributed by atoms with Gasteiger partial charge in [-0.25, -0.2) is 14.5 Å². The molecule has 0 bridgehead atoms. The Morgan fingerprint density at radius 2 is 1.74 bits per heavy atom. The van der Waals surface area contributed by atoms with Crippen molar-refractivity contribution in [2.24, 2.45) is 10.9 Å². The van der Waals surface area contributed by atoms with E-state index in [1.165, 1.54) is 17.2 Å². The Morgan fingerprint density at radius 1 is 1.09 bits per heavy atom. The zero-order chi connectivity index (χ0) is 23.8. The number of amides is 4. The third-order valence-corrected chi connectivity index (χ3v) is 4.95. The van der Waals surface area contributed by atoms with Crippen molar-refractivity contribution >= 4 is 48.5 Å². The van der Waals surface area contributed by atoms with Crippen LogP contribution in [0, 0.1) is 0 Å². The van der Waals surface area contributed by atoms with Gasteiger partial charge in [0, 0.05) is 19.2 Å². The van der Waals surface area contributed by atoms with Crippen LogP contribution in [0.1, 0.15) is 22.7 Å². The summed E-state index contributed by atoms with van der Waals surface area (Å²) < 4.78 is 0. The maximum absolute atomic E-state index is 12.7. The first kappa shape index (κ1) is 26.1. The number of imide groups is 1. The quantitative estimate of drug-likeness (QED) is 0.162. The van der Waals surface area contributed by atoms with Crippen molar-refractivity contribution < 1.29 is 24.3 Å². The molecule has 178 valence electrons. The largest absolute Gasteiger partial charge is 0.479 e. The summed E-state index contributed by atoms with van der Waals surface area (Å²) in [7, 11) is 0. The molecule has 0 aliphatic carbocycles. The number of hydrogen-bond acceptors (Lipinski definition) is 6. The zero-order valence-electron chi connectivity index (χ0n) is 18.0. The third kappa shape index (κ3) is 6.42. The number of nitrogens with one attached hydrogen (secondary N) is 1. The number of hydrazone groups is 1. The molecule has 0 radical (unpaired) electrons. The monoisotopic (exact) mass is 485 g/mol. The van der Waals surface area contributed by atoms with Crippen LogP contribution in [0.25, 0.3) is 6.08 Å². The van der Waals surface area contributed by atoms with Gasteiger partial charge in [-0.3, -0.25) is 9.59 Å². The molecule has 2 aromatic rings. The van der Waals surface area contributed by atoms with Gasteiger partial charge in [-0.15, -0.1) is 12.4 Å². The molecular formula is C23H24ClN5O5. The van der Waals surface area contributed by atoms with Gasteiger partial charge in [0.2, 0.25) is 5.91 Å². The minimum atomic E-state index is -1.41. The second-order valence-corrected chi connectivity index (χ2v) is 7.19.